The van der Waals surface area contributed by atoms with Gasteiger partial charge in [0.05, 0.1) is 17.8 Å². The van der Waals surface area contributed by atoms with Crippen molar-refractivity contribution in [3.8, 4) is 11.8 Å². The zero-order chi connectivity index (χ0) is 16.2. The summed E-state index contributed by atoms with van der Waals surface area (Å²) in [4.78, 5) is 12.0. The SMILES string of the molecule is CNC(=O)C1CCCC1Nc1c(C#N)cnn1-c1ccccc1. The maximum absolute atomic E-state index is 12.0. The van der Waals surface area contributed by atoms with E-state index >= 15 is 0 Å². The van der Waals surface area contributed by atoms with E-state index in [9.17, 15) is 10.1 Å². The third-order valence-corrected chi connectivity index (χ3v) is 4.31. The number of rotatable bonds is 4. The van der Waals surface area contributed by atoms with E-state index in [4.69, 9.17) is 0 Å². The molecule has 3 rings (SSSR count). The van der Waals surface area contributed by atoms with Crippen LogP contribution in [0, 0.1) is 17.2 Å². The number of amides is 1. The van der Waals surface area contributed by atoms with E-state index in [0.717, 1.165) is 24.9 Å². The summed E-state index contributed by atoms with van der Waals surface area (Å²) in [6, 6.07) is 11.8. The molecule has 118 valence electrons. The first kappa shape index (κ1) is 15.1. The molecular formula is C17H19N5O. The van der Waals surface area contributed by atoms with E-state index in [2.05, 4.69) is 21.8 Å². The molecule has 1 aromatic carbocycles. The predicted molar refractivity (Wildman–Crippen MR) is 87.1 cm³/mol. The van der Waals surface area contributed by atoms with Gasteiger partial charge < -0.3 is 10.6 Å². The van der Waals surface area contributed by atoms with Gasteiger partial charge in [-0.2, -0.15) is 10.4 Å². The fourth-order valence-electron chi connectivity index (χ4n) is 3.14. The van der Waals surface area contributed by atoms with Crippen LogP contribution in [0.2, 0.25) is 0 Å². The van der Waals surface area contributed by atoms with Crippen molar-refractivity contribution in [2.24, 2.45) is 5.92 Å². The molecule has 1 fully saturated rings. The third kappa shape index (κ3) is 2.90. The molecule has 0 saturated heterocycles. The highest BCUT2D eigenvalue weighted by atomic mass is 16.1. The smallest absolute Gasteiger partial charge is 0.224 e. The zero-order valence-corrected chi connectivity index (χ0v) is 13.0. The summed E-state index contributed by atoms with van der Waals surface area (Å²) in [5.41, 5.74) is 1.36. The minimum atomic E-state index is -0.0781. The molecule has 6 nitrogen and oxygen atoms in total. The van der Waals surface area contributed by atoms with E-state index in [1.165, 1.54) is 0 Å². The van der Waals surface area contributed by atoms with Crippen LogP contribution in [0.1, 0.15) is 24.8 Å². The molecule has 1 heterocycles. The zero-order valence-electron chi connectivity index (χ0n) is 13.0. The molecule has 0 aliphatic heterocycles. The van der Waals surface area contributed by atoms with Gasteiger partial charge in [-0.1, -0.05) is 24.6 Å². The highest BCUT2D eigenvalue weighted by Crippen LogP contribution is 2.30. The lowest BCUT2D eigenvalue weighted by Gasteiger charge is -2.21. The van der Waals surface area contributed by atoms with Crippen molar-refractivity contribution in [3.05, 3.63) is 42.1 Å². The monoisotopic (exact) mass is 309 g/mol. The lowest BCUT2D eigenvalue weighted by Crippen LogP contribution is -2.36. The Hall–Kier alpha value is -2.81. The van der Waals surface area contributed by atoms with Gasteiger partial charge >= 0.3 is 0 Å². The van der Waals surface area contributed by atoms with Gasteiger partial charge in [0.1, 0.15) is 17.5 Å². The van der Waals surface area contributed by atoms with E-state index in [1.807, 2.05) is 30.3 Å². The standard InChI is InChI=1S/C17H19N5O/c1-19-17(23)14-8-5-9-15(14)21-16-12(10-18)11-20-22(16)13-6-3-2-4-7-13/h2-4,6-7,11,14-15,21H,5,8-9H2,1H3,(H,19,23). The number of carbonyl (C=O) groups is 1. The summed E-state index contributed by atoms with van der Waals surface area (Å²) in [7, 11) is 1.66. The average molecular weight is 309 g/mol. The second-order valence-corrected chi connectivity index (χ2v) is 5.67. The van der Waals surface area contributed by atoms with Crippen LogP contribution in [-0.2, 0) is 4.79 Å². The van der Waals surface area contributed by atoms with Crippen molar-refractivity contribution < 1.29 is 4.79 Å². The largest absolute Gasteiger partial charge is 0.365 e. The van der Waals surface area contributed by atoms with E-state index < -0.39 is 0 Å². The summed E-state index contributed by atoms with van der Waals surface area (Å²) in [5, 5.41) is 19.8. The molecule has 2 N–H and O–H groups in total. The second kappa shape index (κ2) is 6.53. The molecule has 6 heteroatoms. The van der Waals surface area contributed by atoms with E-state index in [0.29, 0.717) is 11.4 Å². The van der Waals surface area contributed by atoms with Gasteiger partial charge in [-0.3, -0.25) is 4.79 Å². The maximum Gasteiger partial charge on any atom is 0.224 e. The van der Waals surface area contributed by atoms with Crippen LogP contribution in [0.4, 0.5) is 5.82 Å². The summed E-state index contributed by atoms with van der Waals surface area (Å²) < 4.78 is 1.72. The molecular weight excluding hydrogens is 290 g/mol. The number of hydrogen-bond donors (Lipinski definition) is 2. The molecule has 0 bridgehead atoms. The highest BCUT2D eigenvalue weighted by Gasteiger charge is 2.33. The number of anilines is 1. The molecule has 0 radical (unpaired) electrons. The van der Waals surface area contributed by atoms with Crippen LogP contribution >= 0.6 is 0 Å². The second-order valence-electron chi connectivity index (χ2n) is 5.67. The lowest BCUT2D eigenvalue weighted by molar-refractivity contribution is -0.124. The number of para-hydroxylation sites is 1. The topological polar surface area (TPSA) is 82.7 Å². The molecule has 2 unspecified atom stereocenters. The Labute approximate surface area is 135 Å². The van der Waals surface area contributed by atoms with Crippen LogP contribution in [0.25, 0.3) is 5.69 Å². The maximum atomic E-state index is 12.0. The molecule has 1 amide bonds. The molecule has 23 heavy (non-hydrogen) atoms. The van der Waals surface area contributed by atoms with Gasteiger partial charge in [-0.25, -0.2) is 4.68 Å². The predicted octanol–water partition coefficient (Wildman–Crippen LogP) is 2.07. The van der Waals surface area contributed by atoms with E-state index in [1.54, 1.807) is 17.9 Å². The first-order valence-corrected chi connectivity index (χ1v) is 7.76. The fraction of sp³-hybridized carbons (Fsp3) is 0.353. The van der Waals surface area contributed by atoms with Gasteiger partial charge in [0.2, 0.25) is 5.91 Å². The van der Waals surface area contributed by atoms with Crippen LogP contribution in [0.3, 0.4) is 0 Å². The minimum Gasteiger partial charge on any atom is -0.365 e. The fourth-order valence-corrected chi connectivity index (χ4v) is 3.14. The Balaban J connectivity index is 1.92. The van der Waals surface area contributed by atoms with Crippen molar-refractivity contribution in [3.63, 3.8) is 0 Å². The van der Waals surface area contributed by atoms with Gasteiger partial charge in [0.25, 0.3) is 0 Å². The van der Waals surface area contributed by atoms with Crippen molar-refractivity contribution in [1.82, 2.24) is 15.1 Å². The van der Waals surface area contributed by atoms with Crippen LogP contribution < -0.4 is 10.6 Å². The van der Waals surface area contributed by atoms with Crippen LogP contribution in [0.5, 0.6) is 0 Å². The number of nitriles is 1. The number of benzene rings is 1. The summed E-state index contributed by atoms with van der Waals surface area (Å²) in [5.74, 6) is 0.620. The summed E-state index contributed by atoms with van der Waals surface area (Å²) >= 11 is 0. The quantitative estimate of drug-likeness (QED) is 0.905. The highest BCUT2D eigenvalue weighted by molar-refractivity contribution is 5.80. The number of nitrogens with one attached hydrogen (secondary N) is 2. The first-order valence-electron chi connectivity index (χ1n) is 7.76. The summed E-state index contributed by atoms with van der Waals surface area (Å²) in [6.45, 7) is 0. The molecule has 2 aromatic rings. The van der Waals surface area contributed by atoms with Crippen LogP contribution in [0.15, 0.2) is 36.5 Å². The number of aromatic nitrogens is 2. The minimum absolute atomic E-state index is 0.0150. The Morgan fingerprint density at radius 1 is 1.35 bits per heavy atom. The lowest BCUT2D eigenvalue weighted by atomic mass is 10.0. The Kier molecular flexibility index (Phi) is 4.29. The number of carbonyl (C=O) groups excluding carboxylic acids is 1. The molecule has 0 spiro atoms. The van der Waals surface area contributed by atoms with Crippen LogP contribution in [-0.4, -0.2) is 28.8 Å². The molecule has 1 aliphatic carbocycles. The van der Waals surface area contributed by atoms with Gasteiger partial charge in [0, 0.05) is 13.1 Å². The molecule has 1 saturated carbocycles. The van der Waals surface area contributed by atoms with Crippen molar-refractivity contribution in [2.75, 3.05) is 12.4 Å². The third-order valence-electron chi connectivity index (χ3n) is 4.31. The molecule has 2 atom stereocenters. The van der Waals surface area contributed by atoms with Gasteiger partial charge in [0.15, 0.2) is 0 Å². The first-order chi connectivity index (χ1) is 11.2. The van der Waals surface area contributed by atoms with Crippen molar-refractivity contribution in [1.29, 1.82) is 5.26 Å². The molecule has 1 aliphatic rings. The number of hydrogen-bond acceptors (Lipinski definition) is 4. The Bertz CT molecular complexity index is 731. The average Bonchev–Trinajstić information content (AvgIpc) is 3.22. The number of nitrogens with zero attached hydrogens (tertiary/aromatic N) is 3. The van der Waals surface area contributed by atoms with E-state index in [-0.39, 0.29) is 17.9 Å². The Morgan fingerprint density at radius 3 is 2.83 bits per heavy atom. The Morgan fingerprint density at radius 2 is 2.13 bits per heavy atom. The molecule has 1 aromatic heterocycles. The van der Waals surface area contributed by atoms with Crippen molar-refractivity contribution in [2.45, 2.75) is 25.3 Å². The van der Waals surface area contributed by atoms with Crippen molar-refractivity contribution >= 4 is 11.7 Å². The van der Waals surface area contributed by atoms with Gasteiger partial charge in [-0.15, -0.1) is 0 Å². The normalized spacial score (nSPS) is 20.0. The summed E-state index contributed by atoms with van der Waals surface area (Å²) in [6.07, 6.45) is 4.32. The van der Waals surface area contributed by atoms with Gasteiger partial charge in [-0.05, 0) is 25.0 Å².